The van der Waals surface area contributed by atoms with Crippen LogP contribution in [0.15, 0.2) is 23.1 Å². The number of sulfonamides is 1. The minimum absolute atomic E-state index is 0.387. The fraction of sp³-hybridized carbons (Fsp3) is 0. The van der Waals surface area contributed by atoms with Gasteiger partial charge in [-0.25, -0.2) is 13.6 Å². The lowest BCUT2D eigenvalue weighted by Gasteiger charge is -1.95. The number of nitrogens with two attached hydrogens (primary N) is 1. The van der Waals surface area contributed by atoms with Crippen LogP contribution in [0.3, 0.4) is 0 Å². The maximum atomic E-state index is 10.7. The molecule has 1 aromatic rings. The molecular weight excluding hydrogens is 196 g/mol. The van der Waals surface area contributed by atoms with Gasteiger partial charge in [-0.3, -0.25) is 10.1 Å². The SMILES string of the molecule is NS(=O)(=O)c1[c]c([N+](=O)[O-])ccc1. The zero-order valence-electron chi connectivity index (χ0n) is 6.30. The van der Waals surface area contributed by atoms with E-state index in [1.54, 1.807) is 0 Å². The Labute approximate surface area is 74.2 Å². The molecule has 0 bridgehead atoms. The van der Waals surface area contributed by atoms with Crippen LogP contribution in [0.4, 0.5) is 5.69 Å². The Morgan fingerprint density at radius 1 is 1.46 bits per heavy atom. The topological polar surface area (TPSA) is 103 Å². The van der Waals surface area contributed by atoms with Gasteiger partial charge in [0.05, 0.1) is 15.9 Å². The van der Waals surface area contributed by atoms with Gasteiger partial charge in [0.25, 0.3) is 5.69 Å². The van der Waals surface area contributed by atoms with E-state index in [-0.39, 0.29) is 4.90 Å². The van der Waals surface area contributed by atoms with Crippen LogP contribution in [0.5, 0.6) is 0 Å². The lowest BCUT2D eigenvalue weighted by Crippen LogP contribution is -2.12. The summed E-state index contributed by atoms with van der Waals surface area (Å²) in [6, 6.07) is 5.58. The Morgan fingerprint density at radius 3 is 2.54 bits per heavy atom. The number of benzene rings is 1. The highest BCUT2D eigenvalue weighted by molar-refractivity contribution is 7.89. The third-order valence-corrected chi connectivity index (χ3v) is 2.11. The van der Waals surface area contributed by atoms with E-state index in [1.807, 2.05) is 0 Å². The predicted molar refractivity (Wildman–Crippen MR) is 43.3 cm³/mol. The van der Waals surface area contributed by atoms with Crippen molar-refractivity contribution in [1.82, 2.24) is 0 Å². The van der Waals surface area contributed by atoms with Gasteiger partial charge in [0.15, 0.2) is 0 Å². The maximum Gasteiger partial charge on any atom is 0.278 e. The van der Waals surface area contributed by atoms with Crippen molar-refractivity contribution in [2.45, 2.75) is 4.90 Å². The number of rotatable bonds is 2. The molecule has 0 saturated carbocycles. The molecule has 0 fully saturated rings. The van der Waals surface area contributed by atoms with Gasteiger partial charge in [0.2, 0.25) is 10.0 Å². The van der Waals surface area contributed by atoms with Crippen molar-refractivity contribution in [3.63, 3.8) is 0 Å². The van der Waals surface area contributed by atoms with Gasteiger partial charge in [0, 0.05) is 6.07 Å². The fourth-order valence-electron chi connectivity index (χ4n) is 0.709. The van der Waals surface area contributed by atoms with Gasteiger partial charge in [-0.2, -0.15) is 0 Å². The normalized spacial score (nSPS) is 11.2. The molecule has 2 N–H and O–H groups in total. The molecule has 0 amide bonds. The van der Waals surface area contributed by atoms with Gasteiger partial charge in [-0.1, -0.05) is 6.07 Å². The van der Waals surface area contributed by atoms with E-state index in [4.69, 9.17) is 5.14 Å². The van der Waals surface area contributed by atoms with Gasteiger partial charge in [0.1, 0.15) is 0 Å². The predicted octanol–water partition coefficient (Wildman–Crippen LogP) is 0.0424. The van der Waals surface area contributed by atoms with Crippen LogP contribution in [0.1, 0.15) is 0 Å². The molecule has 0 atom stereocenters. The first-order valence-corrected chi connectivity index (χ1v) is 4.65. The largest absolute Gasteiger partial charge is 0.278 e. The van der Waals surface area contributed by atoms with E-state index >= 15 is 0 Å². The van der Waals surface area contributed by atoms with E-state index in [1.165, 1.54) is 6.07 Å². The summed E-state index contributed by atoms with van der Waals surface area (Å²) in [7, 11) is -3.92. The molecule has 0 spiro atoms. The van der Waals surface area contributed by atoms with Crippen LogP contribution in [0.25, 0.3) is 0 Å². The van der Waals surface area contributed by atoms with Gasteiger partial charge >= 0.3 is 0 Å². The summed E-state index contributed by atoms with van der Waals surface area (Å²) in [4.78, 5) is 9.09. The quantitative estimate of drug-likeness (QED) is 0.538. The standard InChI is InChI=1S/C6H5N2O4S/c7-13(11,12)6-3-1-2-5(4-6)8(9)10/h1-3H,(H2,7,11,12). The lowest BCUT2D eigenvalue weighted by atomic mass is 10.3. The van der Waals surface area contributed by atoms with Crippen LogP contribution >= 0.6 is 0 Å². The number of hydrogen-bond acceptors (Lipinski definition) is 4. The Balaban J connectivity index is 3.29. The molecule has 13 heavy (non-hydrogen) atoms. The molecule has 7 heteroatoms. The number of nitro benzene ring substituents is 1. The van der Waals surface area contributed by atoms with Crippen LogP contribution in [-0.2, 0) is 10.0 Å². The van der Waals surface area contributed by atoms with Crippen molar-refractivity contribution in [1.29, 1.82) is 0 Å². The molecular formula is C6H5N2O4S. The third kappa shape index (κ3) is 2.23. The van der Waals surface area contributed by atoms with E-state index in [9.17, 15) is 18.5 Å². The van der Waals surface area contributed by atoms with Crippen LogP contribution in [0, 0.1) is 16.2 Å². The summed E-state index contributed by atoms with van der Waals surface area (Å²) in [6.45, 7) is 0. The highest BCUT2D eigenvalue weighted by Crippen LogP contribution is 2.14. The Bertz CT molecular complexity index is 440. The van der Waals surface area contributed by atoms with Crippen molar-refractivity contribution in [2.24, 2.45) is 5.14 Å². The zero-order valence-corrected chi connectivity index (χ0v) is 7.11. The number of hydrogen-bond donors (Lipinski definition) is 1. The second-order valence-corrected chi connectivity index (χ2v) is 3.73. The van der Waals surface area contributed by atoms with Crippen molar-refractivity contribution < 1.29 is 13.3 Å². The first-order chi connectivity index (χ1) is 5.91. The molecule has 6 nitrogen and oxygen atoms in total. The second-order valence-electron chi connectivity index (χ2n) is 2.20. The number of non-ortho nitro benzene ring substituents is 1. The molecule has 0 heterocycles. The maximum absolute atomic E-state index is 10.7. The molecule has 1 aromatic carbocycles. The molecule has 69 valence electrons. The number of nitrogens with zero attached hydrogens (tertiary/aromatic N) is 1. The second kappa shape index (κ2) is 3.11. The molecule has 0 aliphatic heterocycles. The van der Waals surface area contributed by atoms with Crippen molar-refractivity contribution in [3.8, 4) is 0 Å². The van der Waals surface area contributed by atoms with E-state index < -0.39 is 20.6 Å². The molecule has 0 saturated heterocycles. The molecule has 0 aromatic heterocycles. The minimum atomic E-state index is -3.92. The average molecular weight is 201 g/mol. The zero-order chi connectivity index (χ0) is 10.1. The Kier molecular flexibility index (Phi) is 2.30. The van der Waals surface area contributed by atoms with Crippen LogP contribution < -0.4 is 5.14 Å². The molecule has 0 aliphatic carbocycles. The lowest BCUT2D eigenvalue weighted by molar-refractivity contribution is -0.385. The van der Waals surface area contributed by atoms with Crippen LogP contribution in [0.2, 0.25) is 0 Å². The molecule has 0 unspecified atom stereocenters. The van der Waals surface area contributed by atoms with Gasteiger partial charge in [-0.05, 0) is 6.07 Å². The van der Waals surface area contributed by atoms with E-state index in [2.05, 4.69) is 6.07 Å². The Hall–Kier alpha value is -1.47. The smallest absolute Gasteiger partial charge is 0.258 e. The first kappa shape index (κ1) is 9.62. The van der Waals surface area contributed by atoms with Gasteiger partial charge in [-0.15, -0.1) is 0 Å². The summed E-state index contributed by atoms with van der Waals surface area (Å²) < 4.78 is 21.5. The number of nitro groups is 1. The van der Waals surface area contributed by atoms with Crippen molar-refractivity contribution in [3.05, 3.63) is 34.4 Å². The summed E-state index contributed by atoms with van der Waals surface area (Å²) >= 11 is 0. The number of primary sulfonamides is 1. The van der Waals surface area contributed by atoms with Gasteiger partial charge < -0.3 is 0 Å². The highest BCUT2D eigenvalue weighted by atomic mass is 32.2. The first-order valence-electron chi connectivity index (χ1n) is 3.11. The summed E-state index contributed by atoms with van der Waals surface area (Å²) in [6.07, 6.45) is 0. The highest BCUT2D eigenvalue weighted by Gasteiger charge is 2.13. The molecule has 0 aliphatic rings. The summed E-state index contributed by atoms with van der Waals surface area (Å²) in [5, 5.41) is 15.0. The average Bonchev–Trinajstić information content (AvgIpc) is 2.03. The summed E-state index contributed by atoms with van der Waals surface area (Å²) in [5.41, 5.74) is -0.425. The minimum Gasteiger partial charge on any atom is -0.258 e. The Morgan fingerprint density at radius 2 is 2.08 bits per heavy atom. The third-order valence-electron chi connectivity index (χ3n) is 1.26. The van der Waals surface area contributed by atoms with Crippen molar-refractivity contribution in [2.75, 3.05) is 0 Å². The summed E-state index contributed by atoms with van der Waals surface area (Å²) in [5.74, 6) is 0. The van der Waals surface area contributed by atoms with Crippen LogP contribution in [-0.4, -0.2) is 13.3 Å². The van der Waals surface area contributed by atoms with E-state index in [0.29, 0.717) is 0 Å². The fourth-order valence-corrected chi connectivity index (χ4v) is 1.22. The van der Waals surface area contributed by atoms with Crippen molar-refractivity contribution >= 4 is 15.7 Å². The molecule has 1 rings (SSSR count). The monoisotopic (exact) mass is 201 g/mol. The van der Waals surface area contributed by atoms with E-state index in [0.717, 1.165) is 12.1 Å². The molecule has 1 radical (unpaired) electrons.